The molecule has 25 heavy (non-hydrogen) atoms. The highest BCUT2D eigenvalue weighted by molar-refractivity contribution is 7.98. The van der Waals surface area contributed by atoms with Gasteiger partial charge >= 0.3 is 0 Å². The van der Waals surface area contributed by atoms with Crippen molar-refractivity contribution in [3.63, 3.8) is 0 Å². The molecule has 0 bridgehead atoms. The van der Waals surface area contributed by atoms with Gasteiger partial charge in [-0.2, -0.15) is 11.8 Å². The van der Waals surface area contributed by atoms with E-state index in [0.29, 0.717) is 6.54 Å². The van der Waals surface area contributed by atoms with Crippen molar-refractivity contribution in [2.24, 2.45) is 17.6 Å². The third-order valence-electron chi connectivity index (χ3n) is 4.81. The van der Waals surface area contributed by atoms with Crippen LogP contribution in [0, 0.1) is 11.8 Å². The number of carbonyl (C=O) groups excluding carboxylic acids is 1. The van der Waals surface area contributed by atoms with E-state index in [1.165, 1.54) is 25.1 Å². The Morgan fingerprint density at radius 2 is 1.84 bits per heavy atom. The van der Waals surface area contributed by atoms with Crippen molar-refractivity contribution in [1.29, 1.82) is 0 Å². The number of carbonyl (C=O) groups is 1. The molecule has 1 amide bonds. The third kappa shape index (κ3) is 7.00. The summed E-state index contributed by atoms with van der Waals surface area (Å²) in [5, 5.41) is 2.94. The molecule has 0 saturated carbocycles. The summed E-state index contributed by atoms with van der Waals surface area (Å²) in [5.74, 6) is 2.42. The summed E-state index contributed by atoms with van der Waals surface area (Å²) in [6.45, 7) is 8.63. The second kappa shape index (κ2) is 10.2. The SMILES string of the molecule is CSCC[C@H](N)C(=O)NCc1ccc(CN2CC(C)CC(C)C2)cc1. The number of amides is 1. The molecule has 1 aliphatic heterocycles. The van der Waals surface area contributed by atoms with Gasteiger partial charge in [-0.1, -0.05) is 38.1 Å². The van der Waals surface area contributed by atoms with Gasteiger partial charge in [-0.3, -0.25) is 9.69 Å². The summed E-state index contributed by atoms with van der Waals surface area (Å²) < 4.78 is 0. The Bertz CT molecular complexity index is 524. The number of thioether (sulfide) groups is 1. The minimum Gasteiger partial charge on any atom is -0.351 e. The Morgan fingerprint density at radius 3 is 2.44 bits per heavy atom. The molecule has 1 aromatic carbocycles. The first-order valence-electron chi connectivity index (χ1n) is 9.30. The number of piperidine rings is 1. The van der Waals surface area contributed by atoms with Crippen molar-refractivity contribution in [3.05, 3.63) is 35.4 Å². The first-order valence-corrected chi connectivity index (χ1v) is 10.7. The minimum atomic E-state index is -0.408. The van der Waals surface area contributed by atoms with E-state index in [1.54, 1.807) is 11.8 Å². The molecule has 0 spiro atoms. The van der Waals surface area contributed by atoms with Gasteiger partial charge < -0.3 is 11.1 Å². The molecule has 2 rings (SSSR count). The Balaban J connectivity index is 1.78. The molecular weight excluding hydrogens is 330 g/mol. The lowest BCUT2D eigenvalue weighted by Gasteiger charge is -2.35. The summed E-state index contributed by atoms with van der Waals surface area (Å²) in [7, 11) is 0. The van der Waals surface area contributed by atoms with Crippen LogP contribution in [0.2, 0.25) is 0 Å². The van der Waals surface area contributed by atoms with Crippen molar-refractivity contribution in [1.82, 2.24) is 10.2 Å². The van der Waals surface area contributed by atoms with Gasteiger partial charge in [0.05, 0.1) is 6.04 Å². The predicted octanol–water partition coefficient (Wildman–Crippen LogP) is 2.86. The fourth-order valence-corrected chi connectivity index (χ4v) is 4.13. The third-order valence-corrected chi connectivity index (χ3v) is 5.45. The number of hydrogen-bond donors (Lipinski definition) is 2. The van der Waals surface area contributed by atoms with Crippen molar-refractivity contribution < 1.29 is 4.79 Å². The summed E-state index contributed by atoms with van der Waals surface area (Å²) in [4.78, 5) is 14.5. The Hall–Kier alpha value is -1.04. The summed E-state index contributed by atoms with van der Waals surface area (Å²) >= 11 is 1.71. The molecule has 0 aromatic heterocycles. The first kappa shape index (κ1) is 20.3. The van der Waals surface area contributed by atoms with Crippen molar-refractivity contribution in [3.8, 4) is 0 Å². The van der Waals surface area contributed by atoms with Crippen LogP contribution >= 0.6 is 11.8 Å². The second-order valence-corrected chi connectivity index (χ2v) is 8.55. The second-order valence-electron chi connectivity index (χ2n) is 7.56. The molecule has 2 unspecified atom stereocenters. The molecule has 4 nitrogen and oxygen atoms in total. The highest BCUT2D eigenvalue weighted by atomic mass is 32.2. The smallest absolute Gasteiger partial charge is 0.237 e. The lowest BCUT2D eigenvalue weighted by Crippen LogP contribution is -2.40. The van der Waals surface area contributed by atoms with Crippen LogP contribution in [0.15, 0.2) is 24.3 Å². The molecule has 3 N–H and O–H groups in total. The van der Waals surface area contributed by atoms with Gasteiger partial charge in [0.2, 0.25) is 5.91 Å². The number of nitrogens with zero attached hydrogens (tertiary/aromatic N) is 1. The molecule has 5 heteroatoms. The van der Waals surface area contributed by atoms with E-state index in [0.717, 1.165) is 36.1 Å². The van der Waals surface area contributed by atoms with Crippen LogP contribution in [-0.4, -0.2) is 41.9 Å². The van der Waals surface area contributed by atoms with E-state index in [2.05, 4.69) is 48.3 Å². The van der Waals surface area contributed by atoms with E-state index in [-0.39, 0.29) is 5.91 Å². The Labute approximate surface area is 156 Å². The van der Waals surface area contributed by atoms with Crippen LogP contribution in [-0.2, 0) is 17.9 Å². The van der Waals surface area contributed by atoms with Crippen LogP contribution in [0.4, 0.5) is 0 Å². The number of nitrogens with one attached hydrogen (secondary N) is 1. The molecule has 1 heterocycles. The molecule has 0 aliphatic carbocycles. The van der Waals surface area contributed by atoms with E-state index < -0.39 is 6.04 Å². The fourth-order valence-electron chi connectivity index (χ4n) is 3.64. The summed E-state index contributed by atoms with van der Waals surface area (Å²) in [6.07, 6.45) is 4.09. The monoisotopic (exact) mass is 363 g/mol. The van der Waals surface area contributed by atoms with Gasteiger partial charge in [-0.15, -0.1) is 0 Å². The molecule has 140 valence electrons. The van der Waals surface area contributed by atoms with Gasteiger partial charge in [-0.25, -0.2) is 0 Å². The van der Waals surface area contributed by atoms with Crippen LogP contribution in [0.3, 0.4) is 0 Å². The van der Waals surface area contributed by atoms with Crippen LogP contribution in [0.1, 0.15) is 37.8 Å². The lowest BCUT2D eigenvalue weighted by atomic mass is 9.91. The van der Waals surface area contributed by atoms with E-state index in [9.17, 15) is 4.79 Å². The van der Waals surface area contributed by atoms with Gasteiger partial charge in [0, 0.05) is 26.2 Å². The predicted molar refractivity (Wildman–Crippen MR) is 107 cm³/mol. The van der Waals surface area contributed by atoms with Crippen molar-refractivity contribution >= 4 is 17.7 Å². The number of nitrogens with two attached hydrogens (primary N) is 1. The van der Waals surface area contributed by atoms with Gasteiger partial charge in [-0.05, 0) is 47.8 Å². The normalized spacial score (nSPS) is 22.6. The summed E-state index contributed by atoms with van der Waals surface area (Å²) in [5.41, 5.74) is 8.35. The molecule has 3 atom stereocenters. The zero-order valence-electron chi connectivity index (χ0n) is 15.8. The molecule has 0 radical (unpaired) electrons. The molecule has 1 fully saturated rings. The maximum atomic E-state index is 12.0. The fraction of sp³-hybridized carbons (Fsp3) is 0.650. The molecular formula is C20H33N3OS. The van der Waals surface area contributed by atoms with Crippen molar-refractivity contribution in [2.75, 3.05) is 25.1 Å². The Morgan fingerprint density at radius 1 is 1.24 bits per heavy atom. The number of likely N-dealkylation sites (tertiary alicyclic amines) is 1. The van der Waals surface area contributed by atoms with Gasteiger partial charge in [0.15, 0.2) is 0 Å². The topological polar surface area (TPSA) is 58.4 Å². The number of hydrogen-bond acceptors (Lipinski definition) is 4. The van der Waals surface area contributed by atoms with Crippen molar-refractivity contribution in [2.45, 2.75) is 45.8 Å². The van der Waals surface area contributed by atoms with Gasteiger partial charge in [0.25, 0.3) is 0 Å². The standard InChI is InChI=1S/C20H33N3OS/c1-15-10-16(2)13-23(12-15)14-18-6-4-17(5-7-18)11-22-20(24)19(21)8-9-25-3/h4-7,15-16,19H,8-14,21H2,1-3H3,(H,22,24)/t15?,16?,19-/m0/s1. The van der Waals surface area contributed by atoms with Gasteiger partial charge in [0.1, 0.15) is 0 Å². The first-order chi connectivity index (χ1) is 12.0. The number of rotatable bonds is 8. The minimum absolute atomic E-state index is 0.0607. The Kier molecular flexibility index (Phi) is 8.27. The molecule has 1 aliphatic rings. The highest BCUT2D eigenvalue weighted by Gasteiger charge is 2.21. The molecule has 1 saturated heterocycles. The number of benzene rings is 1. The average Bonchev–Trinajstić information content (AvgIpc) is 2.57. The zero-order chi connectivity index (χ0) is 18.2. The van der Waals surface area contributed by atoms with Crippen LogP contribution in [0.25, 0.3) is 0 Å². The lowest BCUT2D eigenvalue weighted by molar-refractivity contribution is -0.122. The average molecular weight is 364 g/mol. The quantitative estimate of drug-likeness (QED) is 0.746. The highest BCUT2D eigenvalue weighted by Crippen LogP contribution is 2.22. The van der Waals surface area contributed by atoms with Crippen LogP contribution < -0.4 is 11.1 Å². The van der Waals surface area contributed by atoms with E-state index >= 15 is 0 Å². The largest absolute Gasteiger partial charge is 0.351 e. The molecule has 1 aromatic rings. The van der Waals surface area contributed by atoms with E-state index in [1.807, 2.05) is 6.26 Å². The maximum absolute atomic E-state index is 12.0. The van der Waals surface area contributed by atoms with Crippen LogP contribution in [0.5, 0.6) is 0 Å². The zero-order valence-corrected chi connectivity index (χ0v) is 16.6. The maximum Gasteiger partial charge on any atom is 0.237 e. The van der Waals surface area contributed by atoms with E-state index in [4.69, 9.17) is 5.73 Å². The summed E-state index contributed by atoms with van der Waals surface area (Å²) in [6, 6.07) is 8.17.